The predicted octanol–water partition coefficient (Wildman–Crippen LogP) is 0.0356. The molecule has 0 saturated heterocycles. The van der Waals surface area contributed by atoms with Gasteiger partial charge in [0.2, 0.25) is 0 Å². The molecule has 1 atom stereocenters. The van der Waals surface area contributed by atoms with Crippen molar-refractivity contribution in [3.8, 4) is 0 Å². The number of hydrogen-bond acceptors (Lipinski definition) is 1. The molecule has 0 aliphatic carbocycles. The number of alkyl halides is 3. The van der Waals surface area contributed by atoms with E-state index in [1.165, 1.54) is 0 Å². The highest BCUT2D eigenvalue weighted by Gasteiger charge is 2.33. The third kappa shape index (κ3) is 2.50. The van der Waals surface area contributed by atoms with Crippen LogP contribution in [0.25, 0.3) is 0 Å². The van der Waals surface area contributed by atoms with Crippen molar-refractivity contribution in [1.82, 2.24) is 0 Å². The van der Waals surface area contributed by atoms with Gasteiger partial charge in [0.05, 0.1) is 0 Å². The van der Waals surface area contributed by atoms with Gasteiger partial charge in [-0.1, -0.05) is 0 Å². The van der Waals surface area contributed by atoms with Crippen molar-refractivity contribution in [2.75, 3.05) is 0 Å². The smallest absolute Gasteiger partial charge is 0.394 e. The molecule has 1 nitrogen and oxygen atoms in total. The van der Waals surface area contributed by atoms with Crippen molar-refractivity contribution >= 4 is 7.85 Å². The largest absolute Gasteiger partial charge is 0.405 e. The van der Waals surface area contributed by atoms with E-state index in [2.05, 4.69) is 7.85 Å². The standard InChI is InChI=1S/C2H2BF3O/c3-1(7)2(4,5)6/h1,7H. The van der Waals surface area contributed by atoms with Gasteiger partial charge in [-0.15, -0.1) is 0 Å². The summed E-state index contributed by atoms with van der Waals surface area (Å²) in [7, 11) is 4.00. The van der Waals surface area contributed by atoms with Crippen LogP contribution in [0.3, 0.4) is 0 Å². The molecule has 0 amide bonds. The van der Waals surface area contributed by atoms with Crippen molar-refractivity contribution in [3.63, 3.8) is 0 Å². The summed E-state index contributed by atoms with van der Waals surface area (Å²) in [6, 6.07) is -2.70. The molecule has 0 heterocycles. The minimum atomic E-state index is -4.67. The predicted molar refractivity (Wildman–Crippen MR) is 17.8 cm³/mol. The number of aliphatic hydroxyl groups excluding tert-OH is 1. The Morgan fingerprint density at radius 2 is 1.57 bits per heavy atom. The van der Waals surface area contributed by atoms with Gasteiger partial charge in [-0.25, -0.2) is 0 Å². The quantitative estimate of drug-likeness (QED) is 0.436. The fourth-order valence-corrected chi connectivity index (χ4v) is 0. The molecule has 0 aliphatic heterocycles. The lowest BCUT2D eigenvalue weighted by molar-refractivity contribution is -0.176. The second-order valence-electron chi connectivity index (χ2n) is 0.986. The molecule has 0 aromatic carbocycles. The first kappa shape index (κ1) is 6.81. The minimum absolute atomic E-state index is 2.70. The minimum Gasteiger partial charge on any atom is -0.394 e. The van der Waals surface area contributed by atoms with Gasteiger partial charge in [0.1, 0.15) is 13.8 Å². The molecule has 0 bridgehead atoms. The first-order valence-corrected chi connectivity index (χ1v) is 1.45. The van der Waals surface area contributed by atoms with E-state index in [4.69, 9.17) is 5.11 Å². The summed E-state index contributed by atoms with van der Waals surface area (Å²) >= 11 is 0. The van der Waals surface area contributed by atoms with Crippen molar-refractivity contribution in [2.24, 2.45) is 0 Å². The van der Waals surface area contributed by atoms with Gasteiger partial charge in [0.15, 0.2) is 0 Å². The molecule has 40 valence electrons. The van der Waals surface area contributed by atoms with Crippen LogP contribution in [-0.2, 0) is 0 Å². The van der Waals surface area contributed by atoms with Crippen molar-refractivity contribution < 1.29 is 18.3 Å². The van der Waals surface area contributed by atoms with Crippen molar-refractivity contribution in [2.45, 2.75) is 12.2 Å². The molecule has 0 saturated carbocycles. The third-order valence-corrected chi connectivity index (χ3v) is 0.335. The Morgan fingerprint density at radius 1 is 1.43 bits per heavy atom. The molecule has 0 rings (SSSR count). The fraction of sp³-hybridized carbons (Fsp3) is 1.00. The maximum atomic E-state index is 10.8. The van der Waals surface area contributed by atoms with Gasteiger partial charge in [0.25, 0.3) is 0 Å². The van der Waals surface area contributed by atoms with Crippen LogP contribution in [0.2, 0.25) is 0 Å². The zero-order valence-corrected chi connectivity index (χ0v) is 3.24. The fourth-order valence-electron chi connectivity index (χ4n) is 0. The Hall–Kier alpha value is -0.185. The summed E-state index contributed by atoms with van der Waals surface area (Å²) in [5.41, 5.74) is 0. The molecular formula is C2H2BF3O. The van der Waals surface area contributed by atoms with E-state index in [9.17, 15) is 13.2 Å². The highest BCUT2D eigenvalue weighted by Crippen LogP contribution is 2.16. The van der Waals surface area contributed by atoms with Crippen LogP contribution in [0, 0.1) is 0 Å². The van der Waals surface area contributed by atoms with Gasteiger partial charge in [-0.3, -0.25) is 0 Å². The first-order valence-electron chi connectivity index (χ1n) is 1.45. The SMILES string of the molecule is [B]C(O)C(F)(F)F. The zero-order valence-electron chi connectivity index (χ0n) is 3.24. The maximum Gasteiger partial charge on any atom is 0.405 e. The lowest BCUT2D eigenvalue weighted by Crippen LogP contribution is -2.28. The van der Waals surface area contributed by atoms with Gasteiger partial charge in [0, 0.05) is 0 Å². The number of halogens is 3. The normalized spacial score (nSPS) is 16.6. The molecule has 0 aromatic rings. The van der Waals surface area contributed by atoms with Crippen molar-refractivity contribution in [1.29, 1.82) is 0 Å². The molecule has 7 heavy (non-hydrogen) atoms. The Balaban J connectivity index is 3.54. The topological polar surface area (TPSA) is 20.2 Å². The van der Waals surface area contributed by atoms with E-state index in [0.29, 0.717) is 0 Å². The van der Waals surface area contributed by atoms with E-state index in [1.807, 2.05) is 0 Å². The number of hydrogen-bond donors (Lipinski definition) is 1. The van der Waals surface area contributed by atoms with Crippen LogP contribution in [0.15, 0.2) is 0 Å². The average molecular weight is 110 g/mol. The van der Waals surface area contributed by atoms with Crippen LogP contribution in [0.1, 0.15) is 0 Å². The van der Waals surface area contributed by atoms with Gasteiger partial charge in [-0.2, -0.15) is 13.2 Å². The maximum absolute atomic E-state index is 10.8. The lowest BCUT2D eigenvalue weighted by atomic mass is 10.0. The summed E-state index contributed by atoms with van der Waals surface area (Å²) in [6.45, 7) is 0. The van der Waals surface area contributed by atoms with Crippen LogP contribution in [0.4, 0.5) is 13.2 Å². The molecule has 1 unspecified atom stereocenters. The molecule has 2 radical (unpaired) electrons. The van der Waals surface area contributed by atoms with Gasteiger partial charge >= 0.3 is 6.18 Å². The lowest BCUT2D eigenvalue weighted by Gasteiger charge is -2.07. The Labute approximate surface area is 39.5 Å². The molecule has 0 fully saturated rings. The second-order valence-corrected chi connectivity index (χ2v) is 0.986. The Kier molecular flexibility index (Phi) is 1.69. The monoisotopic (exact) mass is 110 g/mol. The Morgan fingerprint density at radius 3 is 1.57 bits per heavy atom. The van der Waals surface area contributed by atoms with E-state index in [1.54, 1.807) is 0 Å². The molecule has 5 heteroatoms. The van der Waals surface area contributed by atoms with E-state index < -0.39 is 12.2 Å². The van der Waals surface area contributed by atoms with E-state index in [-0.39, 0.29) is 0 Å². The molecule has 0 spiro atoms. The van der Waals surface area contributed by atoms with Crippen LogP contribution >= 0.6 is 0 Å². The summed E-state index contributed by atoms with van der Waals surface area (Å²) in [4.78, 5) is 0. The third-order valence-electron chi connectivity index (χ3n) is 0.335. The van der Waals surface area contributed by atoms with E-state index in [0.717, 1.165) is 0 Å². The summed E-state index contributed by atoms with van der Waals surface area (Å²) in [5, 5.41) is 7.54. The van der Waals surface area contributed by atoms with Crippen molar-refractivity contribution in [3.05, 3.63) is 0 Å². The summed E-state index contributed by atoms with van der Waals surface area (Å²) in [5.74, 6) is 0. The van der Waals surface area contributed by atoms with E-state index >= 15 is 0 Å². The summed E-state index contributed by atoms with van der Waals surface area (Å²) in [6.07, 6.45) is -4.67. The molecule has 0 aromatic heterocycles. The second kappa shape index (κ2) is 1.73. The Bertz CT molecular complexity index is 58.4. The van der Waals surface area contributed by atoms with Gasteiger partial charge < -0.3 is 5.11 Å². The van der Waals surface area contributed by atoms with Crippen LogP contribution in [-0.4, -0.2) is 25.1 Å². The molecule has 0 aliphatic rings. The number of aliphatic hydroxyl groups is 1. The highest BCUT2D eigenvalue weighted by molar-refractivity contribution is 6.11. The first-order chi connectivity index (χ1) is 2.94. The summed E-state index contributed by atoms with van der Waals surface area (Å²) < 4.78 is 32.4. The van der Waals surface area contributed by atoms with Crippen LogP contribution < -0.4 is 0 Å². The van der Waals surface area contributed by atoms with Crippen LogP contribution in [0.5, 0.6) is 0 Å². The highest BCUT2D eigenvalue weighted by atomic mass is 19.4. The zero-order chi connectivity index (χ0) is 6.08. The average Bonchev–Trinajstić information content (AvgIpc) is 1.31. The number of rotatable bonds is 0. The molecular weight excluding hydrogens is 108 g/mol. The van der Waals surface area contributed by atoms with Gasteiger partial charge in [-0.05, 0) is 0 Å². The molecule has 1 N–H and O–H groups in total.